The number of benzene rings is 1. The molecule has 3 rings (SSSR count). The van der Waals surface area contributed by atoms with E-state index in [0.29, 0.717) is 29.8 Å². The minimum atomic E-state index is -0.415. The lowest BCUT2D eigenvalue weighted by Gasteiger charge is -2.35. The number of nitrogens with one attached hydrogen (secondary N) is 1. The van der Waals surface area contributed by atoms with Crippen molar-refractivity contribution in [1.29, 1.82) is 0 Å². The lowest BCUT2D eigenvalue weighted by molar-refractivity contribution is -0.123. The van der Waals surface area contributed by atoms with Gasteiger partial charge in [-0.15, -0.1) is 0 Å². The molecule has 1 amide bonds. The highest BCUT2D eigenvalue weighted by atomic mass is 16.5. The number of fused-ring (bicyclic) bond motifs is 1. The van der Waals surface area contributed by atoms with E-state index in [2.05, 4.69) is 24.1 Å². The summed E-state index contributed by atoms with van der Waals surface area (Å²) in [6, 6.07) is 8.53. The Morgan fingerprint density at radius 2 is 1.96 bits per heavy atom. The summed E-state index contributed by atoms with van der Waals surface area (Å²) in [5.41, 5.74) is 0.0245. The number of hydrogen-bond acceptors (Lipinski definition) is 6. The molecule has 0 spiro atoms. The van der Waals surface area contributed by atoms with E-state index in [0.717, 1.165) is 38.1 Å². The average molecular weight is 388 g/mol. The normalized spacial score (nSPS) is 16.2. The van der Waals surface area contributed by atoms with Crippen molar-refractivity contribution < 1.29 is 18.7 Å². The summed E-state index contributed by atoms with van der Waals surface area (Å²) < 4.78 is 16.1. The largest absolute Gasteiger partial charge is 0.484 e. The second kappa shape index (κ2) is 9.71. The molecule has 1 unspecified atom stereocenters. The summed E-state index contributed by atoms with van der Waals surface area (Å²) in [5.74, 6) is 0.869. The van der Waals surface area contributed by atoms with Crippen LogP contribution in [-0.4, -0.2) is 56.3 Å². The Kier molecular flexibility index (Phi) is 7.06. The first-order valence-corrected chi connectivity index (χ1v) is 9.76. The molecular weight excluding hydrogens is 360 g/mol. The van der Waals surface area contributed by atoms with Crippen LogP contribution in [0.15, 0.2) is 39.5 Å². The highest BCUT2D eigenvalue weighted by molar-refractivity contribution is 5.79. The summed E-state index contributed by atoms with van der Waals surface area (Å²) >= 11 is 0. The number of ether oxygens (including phenoxy) is 2. The molecule has 152 valence electrons. The molecule has 0 radical (unpaired) electrons. The first kappa shape index (κ1) is 20.4. The van der Waals surface area contributed by atoms with Crippen molar-refractivity contribution in [2.45, 2.75) is 26.3 Å². The zero-order valence-electron chi connectivity index (χ0n) is 16.5. The predicted octanol–water partition coefficient (Wildman–Crippen LogP) is 2.03. The smallest absolute Gasteiger partial charge is 0.336 e. The summed E-state index contributed by atoms with van der Waals surface area (Å²) in [5, 5.41) is 3.79. The molecule has 28 heavy (non-hydrogen) atoms. The van der Waals surface area contributed by atoms with Gasteiger partial charge in [-0.3, -0.25) is 9.69 Å². The molecule has 1 saturated heterocycles. The van der Waals surface area contributed by atoms with Gasteiger partial charge in [-0.25, -0.2) is 4.79 Å². The molecule has 0 aliphatic carbocycles. The maximum atomic E-state index is 12.3. The van der Waals surface area contributed by atoms with Gasteiger partial charge in [0.05, 0.1) is 13.2 Å². The van der Waals surface area contributed by atoms with Gasteiger partial charge in [0.1, 0.15) is 11.3 Å². The molecule has 1 fully saturated rings. The fraction of sp³-hybridized carbons (Fsp3) is 0.524. The zero-order chi connectivity index (χ0) is 19.9. The molecule has 7 heteroatoms. The maximum Gasteiger partial charge on any atom is 0.336 e. The molecule has 2 heterocycles. The topological polar surface area (TPSA) is 81.0 Å². The first-order chi connectivity index (χ1) is 13.5. The molecule has 1 atom stereocenters. The standard InChI is InChI=1S/C21H28N2O5/c1-15(2)11-17(23-7-9-26-10-8-23)13-22-20(24)14-27-18-5-3-16-4-6-21(25)28-19(16)12-18/h3-6,12,15,17H,7-11,13-14H2,1-2H3,(H,22,24). The Bertz CT molecular complexity index is 842. The third kappa shape index (κ3) is 5.81. The third-order valence-electron chi connectivity index (χ3n) is 4.80. The number of hydrogen-bond donors (Lipinski definition) is 1. The summed E-state index contributed by atoms with van der Waals surface area (Å²) in [4.78, 5) is 26.0. The molecular formula is C21H28N2O5. The zero-order valence-corrected chi connectivity index (χ0v) is 16.5. The highest BCUT2D eigenvalue weighted by Gasteiger charge is 2.22. The SMILES string of the molecule is CC(C)CC(CNC(=O)COc1ccc2ccc(=O)oc2c1)N1CCOCC1. The van der Waals surface area contributed by atoms with Crippen LogP contribution >= 0.6 is 0 Å². The van der Waals surface area contributed by atoms with Crippen LogP contribution in [0.3, 0.4) is 0 Å². The Morgan fingerprint density at radius 3 is 2.71 bits per heavy atom. The molecule has 0 bridgehead atoms. The highest BCUT2D eigenvalue weighted by Crippen LogP contribution is 2.19. The number of rotatable bonds is 8. The van der Waals surface area contributed by atoms with Gasteiger partial charge in [-0.1, -0.05) is 13.8 Å². The van der Waals surface area contributed by atoms with Crippen LogP contribution in [0.2, 0.25) is 0 Å². The minimum Gasteiger partial charge on any atom is -0.484 e. The van der Waals surface area contributed by atoms with E-state index in [4.69, 9.17) is 13.9 Å². The van der Waals surface area contributed by atoms with Crippen molar-refractivity contribution in [2.75, 3.05) is 39.5 Å². The van der Waals surface area contributed by atoms with Crippen LogP contribution in [0, 0.1) is 5.92 Å². The van der Waals surface area contributed by atoms with Crippen molar-refractivity contribution in [3.8, 4) is 5.75 Å². The van der Waals surface area contributed by atoms with Crippen LogP contribution in [0.4, 0.5) is 0 Å². The monoisotopic (exact) mass is 388 g/mol. The van der Waals surface area contributed by atoms with Crippen molar-refractivity contribution in [2.24, 2.45) is 5.92 Å². The van der Waals surface area contributed by atoms with Gasteiger partial charge in [0, 0.05) is 43.2 Å². The van der Waals surface area contributed by atoms with Crippen LogP contribution in [0.25, 0.3) is 11.0 Å². The van der Waals surface area contributed by atoms with Gasteiger partial charge >= 0.3 is 5.63 Å². The van der Waals surface area contributed by atoms with Crippen molar-refractivity contribution in [3.05, 3.63) is 40.8 Å². The lowest BCUT2D eigenvalue weighted by atomic mass is 10.0. The number of carbonyl (C=O) groups excluding carboxylic acids is 1. The van der Waals surface area contributed by atoms with Gasteiger partial charge in [-0.05, 0) is 30.5 Å². The van der Waals surface area contributed by atoms with Crippen LogP contribution in [0.5, 0.6) is 5.75 Å². The second-order valence-corrected chi connectivity index (χ2v) is 7.48. The summed E-state index contributed by atoms with van der Waals surface area (Å²) in [7, 11) is 0. The fourth-order valence-corrected chi connectivity index (χ4v) is 3.41. The molecule has 7 nitrogen and oxygen atoms in total. The molecule has 1 aromatic heterocycles. The van der Waals surface area contributed by atoms with Gasteiger partial charge in [0.15, 0.2) is 6.61 Å². The molecule has 1 aliphatic rings. The summed E-state index contributed by atoms with van der Waals surface area (Å²) in [6.45, 7) is 8.16. The van der Waals surface area contributed by atoms with Gasteiger partial charge < -0.3 is 19.2 Å². The van der Waals surface area contributed by atoms with Crippen LogP contribution in [-0.2, 0) is 9.53 Å². The van der Waals surface area contributed by atoms with Gasteiger partial charge in [-0.2, -0.15) is 0 Å². The average Bonchev–Trinajstić information content (AvgIpc) is 2.69. The van der Waals surface area contributed by atoms with Gasteiger partial charge in [0.25, 0.3) is 5.91 Å². The number of morpholine rings is 1. The molecule has 1 aliphatic heterocycles. The molecule has 0 saturated carbocycles. The fourth-order valence-electron chi connectivity index (χ4n) is 3.41. The van der Waals surface area contributed by atoms with E-state index in [1.54, 1.807) is 24.3 Å². The third-order valence-corrected chi connectivity index (χ3v) is 4.80. The first-order valence-electron chi connectivity index (χ1n) is 9.76. The number of amides is 1. The van der Waals surface area contributed by atoms with Crippen molar-refractivity contribution in [3.63, 3.8) is 0 Å². The van der Waals surface area contributed by atoms with E-state index in [9.17, 15) is 9.59 Å². The lowest BCUT2D eigenvalue weighted by Crippen LogP contribution is -2.49. The van der Waals surface area contributed by atoms with E-state index in [1.807, 2.05) is 0 Å². The molecule has 1 aromatic carbocycles. The predicted molar refractivity (Wildman–Crippen MR) is 107 cm³/mol. The number of carbonyl (C=O) groups is 1. The van der Waals surface area contributed by atoms with E-state index >= 15 is 0 Å². The van der Waals surface area contributed by atoms with Crippen LogP contribution < -0.4 is 15.7 Å². The van der Waals surface area contributed by atoms with Crippen LogP contribution in [0.1, 0.15) is 20.3 Å². The molecule has 2 aromatic rings. The molecule has 1 N–H and O–H groups in total. The Morgan fingerprint density at radius 1 is 1.21 bits per heavy atom. The van der Waals surface area contributed by atoms with Crippen molar-refractivity contribution in [1.82, 2.24) is 10.2 Å². The maximum absolute atomic E-state index is 12.3. The van der Waals surface area contributed by atoms with Crippen molar-refractivity contribution >= 4 is 16.9 Å². The Labute approximate surface area is 164 Å². The quantitative estimate of drug-likeness (QED) is 0.697. The Hall–Kier alpha value is -2.38. The second-order valence-electron chi connectivity index (χ2n) is 7.48. The Balaban J connectivity index is 1.51. The summed E-state index contributed by atoms with van der Waals surface area (Å²) in [6.07, 6.45) is 1.02. The van der Waals surface area contributed by atoms with E-state index in [-0.39, 0.29) is 12.5 Å². The van der Waals surface area contributed by atoms with E-state index < -0.39 is 5.63 Å². The van der Waals surface area contributed by atoms with Gasteiger partial charge in [0.2, 0.25) is 0 Å². The van der Waals surface area contributed by atoms with E-state index in [1.165, 1.54) is 6.07 Å². The number of nitrogens with zero attached hydrogens (tertiary/aromatic N) is 1. The minimum absolute atomic E-state index is 0.0833.